The molecule has 1 aliphatic rings. The molecule has 0 radical (unpaired) electrons. The first-order valence-electron chi connectivity index (χ1n) is 7.01. The van der Waals surface area contributed by atoms with Gasteiger partial charge in [0.1, 0.15) is 11.6 Å². The Morgan fingerprint density at radius 1 is 1.28 bits per heavy atom. The number of nitrogens with two attached hydrogens (primary N) is 1. The molecule has 1 fully saturated rings. The van der Waals surface area contributed by atoms with Gasteiger partial charge in [-0.1, -0.05) is 6.92 Å². The molecule has 2 rings (SSSR count). The molecule has 0 aliphatic heterocycles. The summed E-state index contributed by atoms with van der Waals surface area (Å²) in [5.74, 6) is 2.56. The van der Waals surface area contributed by atoms with Crippen molar-refractivity contribution in [3.8, 4) is 0 Å². The Balaban J connectivity index is 1.88. The highest BCUT2D eigenvalue weighted by Gasteiger charge is 2.18. The molecule has 1 saturated carbocycles. The molecule has 0 saturated heterocycles. The van der Waals surface area contributed by atoms with Crippen LogP contribution in [0.25, 0.3) is 0 Å². The third-order valence-corrected chi connectivity index (χ3v) is 3.72. The number of anilines is 1. The van der Waals surface area contributed by atoms with E-state index in [1.54, 1.807) is 0 Å². The number of aromatic nitrogens is 2. The topological polar surface area (TPSA) is 63.8 Å². The average molecular weight is 248 g/mol. The second-order valence-electron chi connectivity index (χ2n) is 5.31. The van der Waals surface area contributed by atoms with Crippen LogP contribution in [-0.2, 0) is 6.42 Å². The van der Waals surface area contributed by atoms with Crippen molar-refractivity contribution in [2.24, 2.45) is 11.7 Å². The minimum Gasteiger partial charge on any atom is -0.370 e. The van der Waals surface area contributed by atoms with Gasteiger partial charge in [-0.15, -0.1) is 0 Å². The molecule has 1 heterocycles. The van der Waals surface area contributed by atoms with E-state index in [-0.39, 0.29) is 0 Å². The molecule has 1 aromatic rings. The molecule has 0 spiro atoms. The SMILES string of the molecule is CCc1cc(NCC2CCC(N)CC2)nc(C)n1. The van der Waals surface area contributed by atoms with Crippen LogP contribution in [0.4, 0.5) is 5.82 Å². The van der Waals surface area contributed by atoms with Gasteiger partial charge in [0.05, 0.1) is 0 Å². The van der Waals surface area contributed by atoms with E-state index in [0.717, 1.165) is 49.1 Å². The fourth-order valence-electron chi connectivity index (χ4n) is 2.54. The van der Waals surface area contributed by atoms with Gasteiger partial charge in [-0.05, 0) is 44.9 Å². The Labute approximate surface area is 109 Å². The summed E-state index contributed by atoms with van der Waals surface area (Å²) in [6.07, 6.45) is 5.75. The van der Waals surface area contributed by atoms with Gasteiger partial charge in [-0.25, -0.2) is 9.97 Å². The van der Waals surface area contributed by atoms with Crippen molar-refractivity contribution in [1.29, 1.82) is 0 Å². The molecule has 4 heteroatoms. The van der Waals surface area contributed by atoms with Gasteiger partial charge in [0.2, 0.25) is 0 Å². The molecule has 1 aliphatic carbocycles. The Bertz CT molecular complexity index is 383. The minimum atomic E-state index is 0.425. The van der Waals surface area contributed by atoms with Crippen molar-refractivity contribution in [3.63, 3.8) is 0 Å². The van der Waals surface area contributed by atoms with E-state index < -0.39 is 0 Å². The third kappa shape index (κ3) is 3.67. The van der Waals surface area contributed by atoms with Crippen LogP contribution < -0.4 is 11.1 Å². The first-order chi connectivity index (χ1) is 8.67. The molecular formula is C14H24N4. The minimum absolute atomic E-state index is 0.425. The second kappa shape index (κ2) is 6.14. The highest BCUT2D eigenvalue weighted by molar-refractivity contribution is 5.36. The Morgan fingerprint density at radius 3 is 2.67 bits per heavy atom. The fraction of sp³-hybridized carbons (Fsp3) is 0.714. The molecular weight excluding hydrogens is 224 g/mol. The van der Waals surface area contributed by atoms with Gasteiger partial charge in [0.15, 0.2) is 0 Å². The smallest absolute Gasteiger partial charge is 0.129 e. The van der Waals surface area contributed by atoms with Gasteiger partial charge >= 0.3 is 0 Å². The monoisotopic (exact) mass is 248 g/mol. The lowest BCUT2D eigenvalue weighted by Gasteiger charge is -2.26. The van der Waals surface area contributed by atoms with Crippen LogP contribution in [0.3, 0.4) is 0 Å². The standard InChI is InChI=1S/C14H24N4/c1-3-13-8-14(18-10(2)17-13)16-9-11-4-6-12(15)7-5-11/h8,11-12H,3-7,9,15H2,1-2H3,(H,16,17,18). The van der Waals surface area contributed by atoms with Crippen molar-refractivity contribution >= 4 is 5.82 Å². The summed E-state index contributed by atoms with van der Waals surface area (Å²) in [7, 11) is 0. The predicted octanol–water partition coefficient (Wildman–Crippen LogP) is 2.28. The summed E-state index contributed by atoms with van der Waals surface area (Å²) in [5.41, 5.74) is 7.03. The number of hydrogen-bond donors (Lipinski definition) is 2. The van der Waals surface area contributed by atoms with Gasteiger partial charge < -0.3 is 11.1 Å². The van der Waals surface area contributed by atoms with Crippen LogP contribution in [-0.4, -0.2) is 22.6 Å². The molecule has 1 aromatic heterocycles. The maximum atomic E-state index is 5.92. The quantitative estimate of drug-likeness (QED) is 0.858. The highest BCUT2D eigenvalue weighted by atomic mass is 15.0. The maximum Gasteiger partial charge on any atom is 0.129 e. The van der Waals surface area contributed by atoms with Gasteiger partial charge in [-0.2, -0.15) is 0 Å². The molecule has 100 valence electrons. The summed E-state index contributed by atoms with van der Waals surface area (Å²) >= 11 is 0. The average Bonchev–Trinajstić information content (AvgIpc) is 2.37. The normalized spacial score (nSPS) is 23.9. The number of aryl methyl sites for hydroxylation is 2. The molecule has 0 bridgehead atoms. The zero-order valence-corrected chi connectivity index (χ0v) is 11.4. The maximum absolute atomic E-state index is 5.92. The van der Waals surface area contributed by atoms with E-state index in [9.17, 15) is 0 Å². The van der Waals surface area contributed by atoms with Crippen molar-refractivity contribution < 1.29 is 0 Å². The van der Waals surface area contributed by atoms with E-state index in [1.165, 1.54) is 12.8 Å². The molecule has 3 N–H and O–H groups in total. The first kappa shape index (κ1) is 13.3. The van der Waals surface area contributed by atoms with Crippen LogP contribution in [0.5, 0.6) is 0 Å². The number of nitrogens with one attached hydrogen (secondary N) is 1. The summed E-state index contributed by atoms with van der Waals surface area (Å²) < 4.78 is 0. The molecule has 0 unspecified atom stereocenters. The van der Waals surface area contributed by atoms with Crippen LogP contribution in [0, 0.1) is 12.8 Å². The molecule has 4 nitrogen and oxygen atoms in total. The Kier molecular flexibility index (Phi) is 4.53. The van der Waals surface area contributed by atoms with E-state index in [0.29, 0.717) is 6.04 Å². The lowest BCUT2D eigenvalue weighted by Crippen LogP contribution is -2.29. The largest absolute Gasteiger partial charge is 0.370 e. The second-order valence-corrected chi connectivity index (χ2v) is 5.31. The van der Waals surface area contributed by atoms with Crippen LogP contribution >= 0.6 is 0 Å². The highest BCUT2D eigenvalue weighted by Crippen LogP contribution is 2.23. The first-order valence-corrected chi connectivity index (χ1v) is 7.01. The molecule has 0 atom stereocenters. The summed E-state index contributed by atoms with van der Waals surface area (Å²) in [6.45, 7) is 5.07. The van der Waals surface area contributed by atoms with E-state index in [1.807, 2.05) is 6.92 Å². The van der Waals surface area contributed by atoms with Crippen LogP contribution in [0.15, 0.2) is 6.07 Å². The number of rotatable bonds is 4. The molecule has 0 aromatic carbocycles. The van der Waals surface area contributed by atoms with E-state index >= 15 is 0 Å². The number of nitrogens with zero attached hydrogens (tertiary/aromatic N) is 2. The third-order valence-electron chi connectivity index (χ3n) is 3.72. The van der Waals surface area contributed by atoms with Crippen molar-refractivity contribution in [3.05, 3.63) is 17.6 Å². The molecule has 18 heavy (non-hydrogen) atoms. The van der Waals surface area contributed by atoms with Crippen molar-refractivity contribution in [2.75, 3.05) is 11.9 Å². The van der Waals surface area contributed by atoms with Crippen molar-refractivity contribution in [1.82, 2.24) is 9.97 Å². The zero-order chi connectivity index (χ0) is 13.0. The number of hydrogen-bond acceptors (Lipinski definition) is 4. The van der Waals surface area contributed by atoms with Crippen LogP contribution in [0.2, 0.25) is 0 Å². The van der Waals surface area contributed by atoms with Gasteiger partial charge in [-0.3, -0.25) is 0 Å². The zero-order valence-electron chi connectivity index (χ0n) is 11.4. The fourth-order valence-corrected chi connectivity index (χ4v) is 2.54. The predicted molar refractivity (Wildman–Crippen MR) is 74.6 cm³/mol. The lowest BCUT2D eigenvalue weighted by molar-refractivity contribution is 0.338. The van der Waals surface area contributed by atoms with Crippen LogP contribution in [0.1, 0.15) is 44.1 Å². The van der Waals surface area contributed by atoms with E-state index in [2.05, 4.69) is 28.3 Å². The van der Waals surface area contributed by atoms with Crippen molar-refractivity contribution in [2.45, 2.75) is 52.0 Å². The molecule has 0 amide bonds. The Morgan fingerprint density at radius 2 is 2.00 bits per heavy atom. The lowest BCUT2D eigenvalue weighted by atomic mass is 9.86. The summed E-state index contributed by atoms with van der Waals surface area (Å²) in [4.78, 5) is 8.82. The van der Waals surface area contributed by atoms with Gasteiger partial charge in [0.25, 0.3) is 0 Å². The summed E-state index contributed by atoms with van der Waals surface area (Å²) in [6, 6.07) is 2.48. The van der Waals surface area contributed by atoms with E-state index in [4.69, 9.17) is 5.73 Å². The summed E-state index contributed by atoms with van der Waals surface area (Å²) in [5, 5.41) is 3.45. The Hall–Kier alpha value is -1.16. The van der Waals surface area contributed by atoms with Gasteiger partial charge in [0, 0.05) is 24.3 Å².